The van der Waals surface area contributed by atoms with E-state index in [0.717, 1.165) is 22.3 Å². The van der Waals surface area contributed by atoms with E-state index in [1.807, 2.05) is 49.5 Å². The lowest BCUT2D eigenvalue weighted by Crippen LogP contribution is -2.54. The third kappa shape index (κ3) is 3.36. The normalized spacial score (nSPS) is 24.6. The van der Waals surface area contributed by atoms with Gasteiger partial charge in [-0.05, 0) is 71.6 Å². The minimum atomic E-state index is -0.915. The average molecular weight is 533 g/mol. The molecule has 8 rings (SSSR count). The van der Waals surface area contributed by atoms with Crippen molar-refractivity contribution in [2.24, 2.45) is 16.8 Å². The highest BCUT2D eigenvalue weighted by atomic mass is 35.5. The number of benzene rings is 4. The largest absolute Gasteiger partial charge is 0.494 e. The van der Waals surface area contributed by atoms with Crippen LogP contribution in [0.15, 0.2) is 102 Å². The van der Waals surface area contributed by atoms with E-state index in [-0.39, 0.29) is 17.7 Å². The third-order valence-corrected chi connectivity index (χ3v) is 8.55. The summed E-state index contributed by atoms with van der Waals surface area (Å²) >= 11 is 6.27. The number of rotatable bonds is 5. The highest BCUT2D eigenvalue weighted by Crippen LogP contribution is 2.63. The number of carbonyl (C=O) groups is 2. The molecule has 1 fully saturated rings. The van der Waals surface area contributed by atoms with Crippen molar-refractivity contribution in [1.29, 1.82) is 0 Å². The summed E-state index contributed by atoms with van der Waals surface area (Å²) in [7, 11) is 0. The summed E-state index contributed by atoms with van der Waals surface area (Å²) in [5.74, 6) is -1.07. The molecule has 1 saturated heterocycles. The smallest absolute Gasteiger partial charge is 0.239 e. The first-order valence-electron chi connectivity index (χ1n) is 13.1. The summed E-state index contributed by atoms with van der Waals surface area (Å²) in [6, 6.07) is 30.9. The summed E-state index contributed by atoms with van der Waals surface area (Å²) in [5, 5.41) is 0.585. The maximum absolute atomic E-state index is 14.4. The molecule has 0 spiro atoms. The lowest BCUT2D eigenvalue weighted by molar-refractivity contribution is -0.122. The molecule has 39 heavy (non-hydrogen) atoms. The zero-order valence-corrected chi connectivity index (χ0v) is 22.0. The molecule has 0 unspecified atom stereocenters. The van der Waals surface area contributed by atoms with Gasteiger partial charge in [0.15, 0.2) is 0 Å². The minimum Gasteiger partial charge on any atom is -0.494 e. The molecule has 4 aromatic carbocycles. The van der Waals surface area contributed by atoms with Gasteiger partial charge in [-0.1, -0.05) is 66.2 Å². The van der Waals surface area contributed by atoms with Crippen molar-refractivity contribution in [3.63, 3.8) is 0 Å². The highest BCUT2D eigenvalue weighted by molar-refractivity contribution is 6.30. The lowest BCUT2D eigenvalue weighted by atomic mass is 9.47. The molecule has 1 heterocycles. The maximum Gasteiger partial charge on any atom is 0.239 e. The number of hydrogen-bond donors (Lipinski definition) is 0. The van der Waals surface area contributed by atoms with Crippen LogP contribution in [0.25, 0.3) is 0 Å². The highest BCUT2D eigenvalue weighted by Gasteiger charge is 2.67. The number of amides is 2. The second-order valence-corrected chi connectivity index (χ2v) is 10.6. The first-order chi connectivity index (χ1) is 19.0. The van der Waals surface area contributed by atoms with Crippen molar-refractivity contribution >= 4 is 41.0 Å². The van der Waals surface area contributed by atoms with Gasteiger partial charge in [0.2, 0.25) is 11.8 Å². The molecule has 0 saturated carbocycles. The van der Waals surface area contributed by atoms with Gasteiger partial charge in [0, 0.05) is 17.2 Å². The lowest BCUT2D eigenvalue weighted by Gasteiger charge is -2.52. The van der Waals surface area contributed by atoms with Gasteiger partial charge in [0.1, 0.15) is 5.75 Å². The Kier molecular flexibility index (Phi) is 5.46. The van der Waals surface area contributed by atoms with Crippen LogP contribution < -0.4 is 9.64 Å². The molecule has 0 aromatic heterocycles. The first kappa shape index (κ1) is 23.9. The Balaban J connectivity index is 1.45. The monoisotopic (exact) mass is 532 g/mol. The first-order valence-corrected chi connectivity index (χ1v) is 13.5. The van der Waals surface area contributed by atoms with Crippen LogP contribution in [0, 0.1) is 11.8 Å². The molecule has 0 radical (unpaired) electrons. The van der Waals surface area contributed by atoms with Crippen LogP contribution in [0.5, 0.6) is 5.75 Å². The molecule has 4 aliphatic rings. The van der Waals surface area contributed by atoms with Crippen molar-refractivity contribution in [2.75, 3.05) is 11.5 Å². The van der Waals surface area contributed by atoms with Crippen molar-refractivity contribution in [1.82, 2.24) is 0 Å². The van der Waals surface area contributed by atoms with Gasteiger partial charge < -0.3 is 4.74 Å². The van der Waals surface area contributed by atoms with E-state index in [0.29, 0.717) is 28.8 Å². The van der Waals surface area contributed by atoms with Crippen LogP contribution >= 0.6 is 11.6 Å². The summed E-state index contributed by atoms with van der Waals surface area (Å²) in [4.78, 5) is 34.9. The van der Waals surface area contributed by atoms with Crippen LogP contribution in [-0.4, -0.2) is 24.6 Å². The SMILES string of the molecule is CCOc1ccc(N2C(=O)[C@@H]3[C@@H](C2=O)C2c4ccccc4C3(C=Nc3cccc(Cl)c3)c3ccccc32)cc1. The van der Waals surface area contributed by atoms with Crippen molar-refractivity contribution in [3.05, 3.63) is 124 Å². The van der Waals surface area contributed by atoms with Gasteiger partial charge in [-0.3, -0.25) is 14.6 Å². The number of hydrogen-bond acceptors (Lipinski definition) is 4. The van der Waals surface area contributed by atoms with Gasteiger partial charge in [0.25, 0.3) is 0 Å². The third-order valence-electron chi connectivity index (χ3n) is 8.32. The van der Waals surface area contributed by atoms with Gasteiger partial charge in [-0.2, -0.15) is 0 Å². The Morgan fingerprint density at radius 3 is 2.18 bits per heavy atom. The standard InChI is InChI=1S/C33H25ClN2O3/c1-2-39-23-16-14-22(15-17-23)36-31(37)29-28-24-10-3-5-12-26(24)33(30(29)32(36)38,27-13-6-4-11-25(27)28)19-35-21-9-7-8-20(34)18-21/h3-19,28-30H,2H2,1H3/t28?,29-,30-,33?/m0/s1. The predicted octanol–water partition coefficient (Wildman–Crippen LogP) is 6.69. The molecule has 2 bridgehead atoms. The molecule has 192 valence electrons. The molecular formula is C33H25ClN2O3. The molecule has 3 aliphatic carbocycles. The van der Waals surface area contributed by atoms with Crippen molar-refractivity contribution in [2.45, 2.75) is 18.3 Å². The predicted molar refractivity (Wildman–Crippen MR) is 152 cm³/mol. The van der Waals surface area contributed by atoms with Gasteiger partial charge in [0.05, 0.1) is 35.2 Å². The minimum absolute atomic E-state index is 0.177. The second kappa shape index (κ2) is 8.92. The Morgan fingerprint density at radius 1 is 0.872 bits per heavy atom. The van der Waals surface area contributed by atoms with E-state index in [9.17, 15) is 9.59 Å². The van der Waals surface area contributed by atoms with Crippen LogP contribution in [0.1, 0.15) is 35.1 Å². The topological polar surface area (TPSA) is 59.0 Å². The van der Waals surface area contributed by atoms with Gasteiger partial charge >= 0.3 is 0 Å². The average Bonchev–Trinajstić information content (AvgIpc) is 3.23. The Bertz CT molecular complexity index is 1610. The Hall–Kier alpha value is -4.22. The van der Waals surface area contributed by atoms with E-state index in [2.05, 4.69) is 24.3 Å². The zero-order chi connectivity index (χ0) is 26.7. The van der Waals surface area contributed by atoms with Crippen LogP contribution in [0.2, 0.25) is 5.02 Å². The number of ether oxygens (including phenoxy) is 1. The van der Waals surface area contributed by atoms with Crippen molar-refractivity contribution < 1.29 is 14.3 Å². The number of carbonyl (C=O) groups excluding carboxylic acids is 2. The molecule has 2 atom stereocenters. The van der Waals surface area contributed by atoms with E-state index in [1.165, 1.54) is 4.90 Å². The molecule has 0 N–H and O–H groups in total. The fourth-order valence-corrected chi connectivity index (χ4v) is 7.08. The molecular weight excluding hydrogens is 508 g/mol. The number of halogens is 1. The van der Waals surface area contributed by atoms with E-state index in [4.69, 9.17) is 21.3 Å². The molecule has 2 amide bonds. The number of aliphatic imine (C=N–C) groups is 1. The molecule has 1 aliphatic heterocycles. The second-order valence-electron chi connectivity index (χ2n) is 10.2. The summed E-state index contributed by atoms with van der Waals surface area (Å²) in [6.07, 6.45) is 1.89. The maximum atomic E-state index is 14.4. The Labute approximate surface area is 231 Å². The Morgan fingerprint density at radius 2 is 1.54 bits per heavy atom. The number of nitrogens with zero attached hydrogens (tertiary/aromatic N) is 2. The molecule has 6 heteroatoms. The van der Waals surface area contributed by atoms with Crippen LogP contribution in [-0.2, 0) is 15.0 Å². The van der Waals surface area contributed by atoms with Crippen molar-refractivity contribution in [3.8, 4) is 5.75 Å². The van der Waals surface area contributed by atoms with E-state index < -0.39 is 17.3 Å². The van der Waals surface area contributed by atoms with Crippen LogP contribution in [0.4, 0.5) is 11.4 Å². The molecule has 4 aromatic rings. The summed E-state index contributed by atoms with van der Waals surface area (Å²) in [6.45, 7) is 2.46. The van der Waals surface area contributed by atoms with Gasteiger partial charge in [-0.15, -0.1) is 0 Å². The zero-order valence-electron chi connectivity index (χ0n) is 21.3. The van der Waals surface area contributed by atoms with E-state index in [1.54, 1.807) is 36.4 Å². The summed E-state index contributed by atoms with van der Waals surface area (Å²) in [5.41, 5.74) is 4.52. The van der Waals surface area contributed by atoms with Crippen LogP contribution in [0.3, 0.4) is 0 Å². The fraction of sp³-hybridized carbons (Fsp3) is 0.182. The van der Waals surface area contributed by atoms with E-state index >= 15 is 0 Å². The molecule has 5 nitrogen and oxygen atoms in total. The quantitative estimate of drug-likeness (QED) is 0.212. The summed E-state index contributed by atoms with van der Waals surface area (Å²) < 4.78 is 5.58. The number of anilines is 1. The fourth-order valence-electron chi connectivity index (χ4n) is 6.90. The van der Waals surface area contributed by atoms with Gasteiger partial charge in [-0.25, -0.2) is 4.90 Å². The number of imide groups is 1.